The zero-order valence-electron chi connectivity index (χ0n) is 11.6. The Balaban J connectivity index is 2.01. The van der Waals surface area contributed by atoms with Gasteiger partial charge in [-0.25, -0.2) is 0 Å². The number of amides is 2. The summed E-state index contributed by atoms with van der Waals surface area (Å²) in [6.07, 6.45) is -0.241. The number of nitrogens with one attached hydrogen (secondary N) is 1. The first-order valence-electron chi connectivity index (χ1n) is 6.56. The van der Waals surface area contributed by atoms with E-state index in [0.29, 0.717) is 29.7 Å². The van der Waals surface area contributed by atoms with Gasteiger partial charge in [0.1, 0.15) is 6.10 Å². The van der Waals surface area contributed by atoms with Gasteiger partial charge in [-0.05, 0) is 17.7 Å². The van der Waals surface area contributed by atoms with Crippen molar-refractivity contribution in [3.63, 3.8) is 0 Å². The number of hydrogen-bond donors (Lipinski definition) is 1. The van der Waals surface area contributed by atoms with Crippen LogP contribution in [0.15, 0.2) is 18.2 Å². The summed E-state index contributed by atoms with van der Waals surface area (Å²) in [6, 6.07) is 5.29. The zero-order valence-corrected chi connectivity index (χ0v) is 13.1. The van der Waals surface area contributed by atoms with E-state index in [1.807, 2.05) is 6.07 Å². The van der Waals surface area contributed by atoms with Crippen LogP contribution in [0.5, 0.6) is 0 Å². The SMILES string of the molecule is CC(=O)NCC(=O)N1CCOC(c2ccc(Cl)c(Cl)c2)C1. The third kappa shape index (κ3) is 4.33. The molecule has 2 rings (SSSR count). The number of halogens is 2. The van der Waals surface area contributed by atoms with Crippen LogP contribution in [0.2, 0.25) is 10.0 Å². The van der Waals surface area contributed by atoms with Crippen LogP contribution in [0.4, 0.5) is 0 Å². The van der Waals surface area contributed by atoms with Crippen LogP contribution < -0.4 is 5.32 Å². The molecular weight excluding hydrogens is 315 g/mol. The maximum Gasteiger partial charge on any atom is 0.242 e. The first kappa shape index (κ1) is 16.1. The summed E-state index contributed by atoms with van der Waals surface area (Å²) >= 11 is 11.9. The Hall–Kier alpha value is -1.30. The van der Waals surface area contributed by atoms with Crippen molar-refractivity contribution >= 4 is 35.0 Å². The second kappa shape index (κ2) is 7.11. The van der Waals surface area contributed by atoms with E-state index in [-0.39, 0.29) is 24.5 Å². The van der Waals surface area contributed by atoms with E-state index >= 15 is 0 Å². The number of rotatable bonds is 3. The molecule has 1 fully saturated rings. The number of morpholine rings is 1. The average Bonchev–Trinajstić information content (AvgIpc) is 2.47. The Morgan fingerprint density at radius 2 is 2.14 bits per heavy atom. The van der Waals surface area contributed by atoms with E-state index in [9.17, 15) is 9.59 Å². The minimum Gasteiger partial charge on any atom is -0.370 e. The normalized spacial score (nSPS) is 18.4. The average molecular weight is 331 g/mol. The van der Waals surface area contributed by atoms with Crippen LogP contribution in [-0.4, -0.2) is 43.0 Å². The summed E-state index contributed by atoms with van der Waals surface area (Å²) in [7, 11) is 0. The van der Waals surface area contributed by atoms with Gasteiger partial charge < -0.3 is 15.0 Å². The second-order valence-corrected chi connectivity index (χ2v) is 5.60. The van der Waals surface area contributed by atoms with Crippen LogP contribution in [0.25, 0.3) is 0 Å². The summed E-state index contributed by atoms with van der Waals surface area (Å²) < 4.78 is 5.68. The molecule has 0 bridgehead atoms. The third-order valence-electron chi connectivity index (χ3n) is 3.22. The number of carbonyl (C=O) groups excluding carboxylic acids is 2. The second-order valence-electron chi connectivity index (χ2n) is 4.78. The molecule has 0 saturated carbocycles. The first-order chi connectivity index (χ1) is 9.97. The molecule has 1 N–H and O–H groups in total. The summed E-state index contributed by atoms with van der Waals surface area (Å²) in [5.41, 5.74) is 0.876. The zero-order chi connectivity index (χ0) is 15.4. The van der Waals surface area contributed by atoms with Crippen molar-refractivity contribution in [2.24, 2.45) is 0 Å². The summed E-state index contributed by atoms with van der Waals surface area (Å²) in [6.45, 7) is 2.76. The fraction of sp³-hybridized carbons (Fsp3) is 0.429. The number of ether oxygens (including phenoxy) is 1. The molecule has 1 heterocycles. The molecule has 114 valence electrons. The van der Waals surface area contributed by atoms with E-state index in [1.54, 1.807) is 17.0 Å². The van der Waals surface area contributed by atoms with Gasteiger partial charge in [-0.3, -0.25) is 9.59 Å². The molecule has 21 heavy (non-hydrogen) atoms. The van der Waals surface area contributed by atoms with Crippen molar-refractivity contribution in [2.75, 3.05) is 26.2 Å². The predicted molar refractivity (Wildman–Crippen MR) is 80.4 cm³/mol. The Kier molecular flexibility index (Phi) is 5.45. The molecule has 1 atom stereocenters. The lowest BCUT2D eigenvalue weighted by molar-refractivity contribution is -0.139. The van der Waals surface area contributed by atoms with Crippen molar-refractivity contribution in [3.8, 4) is 0 Å². The van der Waals surface area contributed by atoms with Crippen molar-refractivity contribution < 1.29 is 14.3 Å². The molecule has 1 aliphatic heterocycles. The quantitative estimate of drug-likeness (QED) is 0.922. The van der Waals surface area contributed by atoms with E-state index in [2.05, 4.69) is 5.32 Å². The van der Waals surface area contributed by atoms with Crippen LogP contribution in [0.3, 0.4) is 0 Å². The highest BCUT2D eigenvalue weighted by Crippen LogP contribution is 2.28. The molecule has 1 aromatic carbocycles. The van der Waals surface area contributed by atoms with E-state index in [1.165, 1.54) is 6.92 Å². The van der Waals surface area contributed by atoms with Gasteiger partial charge in [0.15, 0.2) is 0 Å². The Morgan fingerprint density at radius 1 is 1.38 bits per heavy atom. The molecule has 0 aromatic heterocycles. The first-order valence-corrected chi connectivity index (χ1v) is 7.31. The van der Waals surface area contributed by atoms with Crippen molar-refractivity contribution in [1.29, 1.82) is 0 Å². The third-order valence-corrected chi connectivity index (χ3v) is 3.96. The summed E-state index contributed by atoms with van der Waals surface area (Å²) in [5, 5.41) is 3.44. The standard InChI is InChI=1S/C14H16Cl2N2O3/c1-9(19)17-7-14(20)18-4-5-21-13(8-18)10-2-3-11(15)12(16)6-10/h2-3,6,13H,4-5,7-8H2,1H3,(H,17,19). The van der Waals surface area contributed by atoms with Gasteiger partial charge in [0, 0.05) is 13.5 Å². The lowest BCUT2D eigenvalue weighted by atomic mass is 10.1. The predicted octanol–water partition coefficient (Wildman–Crippen LogP) is 2.03. The molecular formula is C14H16Cl2N2O3. The van der Waals surface area contributed by atoms with Gasteiger partial charge in [-0.1, -0.05) is 29.3 Å². The maximum absolute atomic E-state index is 12.0. The number of benzene rings is 1. The minimum absolute atomic E-state index is 0.00340. The number of carbonyl (C=O) groups is 2. The highest BCUT2D eigenvalue weighted by molar-refractivity contribution is 6.42. The summed E-state index contributed by atoms with van der Waals surface area (Å²) in [5.74, 6) is -0.351. The van der Waals surface area contributed by atoms with E-state index in [0.717, 1.165) is 5.56 Å². The smallest absolute Gasteiger partial charge is 0.242 e. The molecule has 7 heteroatoms. The highest BCUT2D eigenvalue weighted by atomic mass is 35.5. The van der Waals surface area contributed by atoms with E-state index in [4.69, 9.17) is 27.9 Å². The molecule has 1 aromatic rings. The van der Waals surface area contributed by atoms with Gasteiger partial charge in [0.25, 0.3) is 0 Å². The molecule has 0 spiro atoms. The largest absolute Gasteiger partial charge is 0.370 e. The fourth-order valence-corrected chi connectivity index (χ4v) is 2.41. The van der Waals surface area contributed by atoms with Gasteiger partial charge in [-0.15, -0.1) is 0 Å². The van der Waals surface area contributed by atoms with Crippen LogP contribution in [-0.2, 0) is 14.3 Å². The fourth-order valence-electron chi connectivity index (χ4n) is 2.10. The molecule has 0 radical (unpaired) electrons. The Morgan fingerprint density at radius 3 is 2.81 bits per heavy atom. The molecule has 1 saturated heterocycles. The maximum atomic E-state index is 12.0. The highest BCUT2D eigenvalue weighted by Gasteiger charge is 2.25. The molecule has 5 nitrogen and oxygen atoms in total. The van der Waals surface area contributed by atoms with Gasteiger partial charge in [-0.2, -0.15) is 0 Å². The summed E-state index contributed by atoms with van der Waals surface area (Å²) in [4.78, 5) is 24.5. The van der Waals surface area contributed by atoms with Gasteiger partial charge in [0.2, 0.25) is 11.8 Å². The van der Waals surface area contributed by atoms with Gasteiger partial charge in [0.05, 0.1) is 29.7 Å². The van der Waals surface area contributed by atoms with Crippen LogP contribution in [0, 0.1) is 0 Å². The lowest BCUT2D eigenvalue weighted by Gasteiger charge is -2.33. The molecule has 1 aliphatic rings. The molecule has 2 amide bonds. The minimum atomic E-state index is -0.241. The molecule has 1 unspecified atom stereocenters. The topological polar surface area (TPSA) is 58.6 Å². The number of nitrogens with zero attached hydrogens (tertiary/aromatic N) is 1. The van der Waals surface area contributed by atoms with Crippen molar-refractivity contribution in [3.05, 3.63) is 33.8 Å². The van der Waals surface area contributed by atoms with Crippen LogP contribution >= 0.6 is 23.2 Å². The van der Waals surface area contributed by atoms with E-state index < -0.39 is 0 Å². The Labute approximate surface area is 133 Å². The van der Waals surface area contributed by atoms with Crippen molar-refractivity contribution in [2.45, 2.75) is 13.0 Å². The molecule has 0 aliphatic carbocycles. The van der Waals surface area contributed by atoms with Gasteiger partial charge >= 0.3 is 0 Å². The lowest BCUT2D eigenvalue weighted by Crippen LogP contribution is -2.46. The number of hydrogen-bond acceptors (Lipinski definition) is 3. The Bertz CT molecular complexity index is 551. The monoisotopic (exact) mass is 330 g/mol. The van der Waals surface area contributed by atoms with Crippen molar-refractivity contribution in [1.82, 2.24) is 10.2 Å². The van der Waals surface area contributed by atoms with Crippen LogP contribution in [0.1, 0.15) is 18.6 Å².